The lowest BCUT2D eigenvalue weighted by Crippen LogP contribution is -2.44. The van der Waals surface area contributed by atoms with E-state index in [2.05, 4.69) is 5.10 Å². The van der Waals surface area contributed by atoms with Crippen LogP contribution in [-0.4, -0.2) is 69.9 Å². The quantitative estimate of drug-likeness (QED) is 0.845. The number of aliphatic hydroxyl groups is 1. The van der Waals surface area contributed by atoms with Crippen LogP contribution in [0.2, 0.25) is 0 Å². The molecule has 1 unspecified atom stereocenters. The van der Waals surface area contributed by atoms with Gasteiger partial charge >= 0.3 is 0 Å². The summed E-state index contributed by atoms with van der Waals surface area (Å²) in [5, 5.41) is 14.8. The Morgan fingerprint density at radius 3 is 2.75 bits per heavy atom. The third-order valence-corrected chi connectivity index (χ3v) is 3.68. The zero-order valence-corrected chi connectivity index (χ0v) is 12.8. The summed E-state index contributed by atoms with van der Waals surface area (Å²) in [7, 11) is 3.86. The van der Waals surface area contributed by atoms with Crippen molar-refractivity contribution in [2.75, 3.05) is 33.7 Å². The molecule has 0 aliphatic carbocycles. The predicted octanol–water partition coefficient (Wildman–Crippen LogP) is 0.0249. The van der Waals surface area contributed by atoms with Gasteiger partial charge in [0.15, 0.2) is 0 Å². The van der Waals surface area contributed by atoms with Gasteiger partial charge in [-0.1, -0.05) is 0 Å². The molecule has 6 heteroatoms. The maximum atomic E-state index is 12.3. The molecule has 1 fully saturated rings. The second-order valence-electron chi connectivity index (χ2n) is 6.11. The van der Waals surface area contributed by atoms with E-state index in [4.69, 9.17) is 0 Å². The molecule has 1 aliphatic heterocycles. The fourth-order valence-electron chi connectivity index (χ4n) is 2.85. The van der Waals surface area contributed by atoms with E-state index in [0.717, 1.165) is 11.4 Å². The standard InChI is InChI=1S/C14H24N4O2/c1-11-7-12(2)18(15-11)8-13(19)17-6-5-14(20,10-17)9-16(3)4/h7,20H,5-6,8-10H2,1-4H3. The molecular weight excluding hydrogens is 256 g/mol. The molecule has 0 spiro atoms. The fourth-order valence-corrected chi connectivity index (χ4v) is 2.85. The number of β-amino-alcohol motifs (C(OH)–C–C–N with tert-alkyl or cyclic N) is 1. The molecule has 112 valence electrons. The van der Waals surface area contributed by atoms with Crippen molar-refractivity contribution in [1.29, 1.82) is 0 Å². The van der Waals surface area contributed by atoms with Crippen LogP contribution in [0.1, 0.15) is 17.8 Å². The highest BCUT2D eigenvalue weighted by Gasteiger charge is 2.38. The Kier molecular flexibility index (Phi) is 4.15. The summed E-state index contributed by atoms with van der Waals surface area (Å²) in [6.45, 7) is 5.71. The van der Waals surface area contributed by atoms with Crippen LogP contribution in [0.15, 0.2) is 6.07 Å². The third kappa shape index (κ3) is 3.37. The Balaban J connectivity index is 1.96. The van der Waals surface area contributed by atoms with E-state index in [0.29, 0.717) is 26.1 Å². The largest absolute Gasteiger partial charge is 0.387 e. The number of aromatic nitrogens is 2. The number of aryl methyl sites for hydroxylation is 2. The number of likely N-dealkylation sites (tertiary alicyclic amines) is 1. The average molecular weight is 280 g/mol. The van der Waals surface area contributed by atoms with E-state index < -0.39 is 5.60 Å². The predicted molar refractivity (Wildman–Crippen MR) is 76.4 cm³/mol. The Morgan fingerprint density at radius 1 is 1.50 bits per heavy atom. The zero-order valence-electron chi connectivity index (χ0n) is 12.8. The van der Waals surface area contributed by atoms with E-state index in [-0.39, 0.29) is 12.5 Å². The molecule has 1 saturated heterocycles. The summed E-state index contributed by atoms with van der Waals surface area (Å²) in [5.41, 5.74) is 1.12. The molecule has 2 rings (SSSR count). The van der Waals surface area contributed by atoms with Crippen LogP contribution in [0.3, 0.4) is 0 Å². The maximum Gasteiger partial charge on any atom is 0.244 e. The van der Waals surface area contributed by atoms with Gasteiger partial charge in [0.1, 0.15) is 6.54 Å². The fraction of sp³-hybridized carbons (Fsp3) is 0.714. The van der Waals surface area contributed by atoms with Gasteiger partial charge in [-0.3, -0.25) is 9.48 Å². The van der Waals surface area contributed by atoms with Gasteiger partial charge in [0.2, 0.25) is 5.91 Å². The molecule has 1 aromatic heterocycles. The van der Waals surface area contributed by atoms with Gasteiger partial charge in [-0.15, -0.1) is 0 Å². The summed E-state index contributed by atoms with van der Waals surface area (Å²) in [6.07, 6.45) is 0.633. The number of carbonyl (C=O) groups is 1. The summed E-state index contributed by atoms with van der Waals surface area (Å²) in [4.78, 5) is 16.0. The van der Waals surface area contributed by atoms with Gasteiger partial charge < -0.3 is 14.9 Å². The van der Waals surface area contributed by atoms with Crippen molar-refractivity contribution < 1.29 is 9.90 Å². The first-order valence-corrected chi connectivity index (χ1v) is 6.95. The molecule has 2 heterocycles. The Morgan fingerprint density at radius 2 is 2.20 bits per heavy atom. The smallest absolute Gasteiger partial charge is 0.244 e. The van der Waals surface area contributed by atoms with Crippen LogP contribution < -0.4 is 0 Å². The van der Waals surface area contributed by atoms with E-state index in [1.54, 1.807) is 9.58 Å². The number of carbonyl (C=O) groups excluding carboxylic acids is 1. The molecule has 0 aromatic carbocycles. The van der Waals surface area contributed by atoms with Crippen molar-refractivity contribution in [2.45, 2.75) is 32.4 Å². The lowest BCUT2D eigenvalue weighted by atomic mass is 10.0. The van der Waals surface area contributed by atoms with Gasteiger partial charge in [0, 0.05) is 18.8 Å². The number of nitrogens with zero attached hydrogens (tertiary/aromatic N) is 4. The third-order valence-electron chi connectivity index (χ3n) is 3.68. The first-order valence-electron chi connectivity index (χ1n) is 6.95. The molecule has 0 saturated carbocycles. The van der Waals surface area contributed by atoms with Gasteiger partial charge in [0.25, 0.3) is 0 Å². The van der Waals surface area contributed by atoms with E-state index in [1.165, 1.54) is 0 Å². The minimum Gasteiger partial charge on any atom is -0.387 e. The first-order chi connectivity index (χ1) is 9.29. The number of amides is 1. The SMILES string of the molecule is Cc1cc(C)n(CC(=O)N2CCC(O)(CN(C)C)C2)n1. The summed E-state index contributed by atoms with van der Waals surface area (Å²) in [5.74, 6) is 0.0193. The molecule has 0 bridgehead atoms. The highest BCUT2D eigenvalue weighted by Crippen LogP contribution is 2.22. The first kappa shape index (κ1) is 15.0. The van der Waals surface area contributed by atoms with Crippen LogP contribution in [0.4, 0.5) is 0 Å². The molecular formula is C14H24N4O2. The van der Waals surface area contributed by atoms with Crippen LogP contribution >= 0.6 is 0 Å². The number of rotatable bonds is 4. The lowest BCUT2D eigenvalue weighted by Gasteiger charge is -2.26. The van der Waals surface area contributed by atoms with Gasteiger partial charge in [0.05, 0.1) is 17.8 Å². The average Bonchev–Trinajstić information content (AvgIpc) is 2.82. The van der Waals surface area contributed by atoms with Crippen molar-refractivity contribution >= 4 is 5.91 Å². The van der Waals surface area contributed by atoms with Gasteiger partial charge in [-0.2, -0.15) is 5.10 Å². The van der Waals surface area contributed by atoms with Crippen molar-refractivity contribution in [3.05, 3.63) is 17.5 Å². The lowest BCUT2D eigenvalue weighted by molar-refractivity contribution is -0.132. The zero-order chi connectivity index (χ0) is 14.9. The Labute approximate surface area is 120 Å². The van der Waals surface area contributed by atoms with Crippen molar-refractivity contribution in [3.63, 3.8) is 0 Å². The highest BCUT2D eigenvalue weighted by molar-refractivity contribution is 5.76. The number of likely N-dealkylation sites (N-methyl/N-ethyl adjacent to an activating group) is 1. The molecule has 1 atom stereocenters. The van der Waals surface area contributed by atoms with Crippen LogP contribution in [0.5, 0.6) is 0 Å². The normalized spacial score (nSPS) is 22.8. The van der Waals surface area contributed by atoms with Gasteiger partial charge in [-0.05, 0) is 40.4 Å². The minimum absolute atomic E-state index is 0.0193. The summed E-state index contributed by atoms with van der Waals surface area (Å²) >= 11 is 0. The second-order valence-corrected chi connectivity index (χ2v) is 6.11. The van der Waals surface area contributed by atoms with Crippen molar-refractivity contribution in [1.82, 2.24) is 19.6 Å². The molecule has 1 amide bonds. The number of hydrogen-bond acceptors (Lipinski definition) is 4. The topological polar surface area (TPSA) is 61.6 Å². The molecule has 1 N–H and O–H groups in total. The maximum absolute atomic E-state index is 12.3. The minimum atomic E-state index is -0.783. The molecule has 6 nitrogen and oxygen atoms in total. The van der Waals surface area contributed by atoms with Crippen molar-refractivity contribution in [3.8, 4) is 0 Å². The van der Waals surface area contributed by atoms with E-state index >= 15 is 0 Å². The molecule has 1 aromatic rings. The summed E-state index contributed by atoms with van der Waals surface area (Å²) < 4.78 is 1.72. The van der Waals surface area contributed by atoms with Crippen molar-refractivity contribution in [2.24, 2.45) is 0 Å². The second kappa shape index (κ2) is 5.54. The number of hydrogen-bond donors (Lipinski definition) is 1. The van der Waals surface area contributed by atoms with Crippen LogP contribution in [-0.2, 0) is 11.3 Å². The summed E-state index contributed by atoms with van der Waals surface area (Å²) in [6, 6.07) is 1.96. The van der Waals surface area contributed by atoms with Crippen LogP contribution in [0.25, 0.3) is 0 Å². The Bertz CT molecular complexity index is 497. The molecule has 0 radical (unpaired) electrons. The van der Waals surface area contributed by atoms with Crippen LogP contribution in [0, 0.1) is 13.8 Å². The molecule has 1 aliphatic rings. The van der Waals surface area contributed by atoms with E-state index in [1.807, 2.05) is 38.9 Å². The molecule has 20 heavy (non-hydrogen) atoms. The highest BCUT2D eigenvalue weighted by atomic mass is 16.3. The monoisotopic (exact) mass is 280 g/mol. The Hall–Kier alpha value is -1.40. The van der Waals surface area contributed by atoms with Gasteiger partial charge in [-0.25, -0.2) is 0 Å². The van der Waals surface area contributed by atoms with E-state index in [9.17, 15) is 9.90 Å².